The second kappa shape index (κ2) is 5.94. The third kappa shape index (κ3) is 2.50. The number of nitrogens with zero attached hydrogens (tertiary/aromatic N) is 1. The zero-order valence-corrected chi connectivity index (χ0v) is 15.1. The van der Waals surface area contributed by atoms with Gasteiger partial charge in [0, 0.05) is 24.7 Å². The zero-order valence-electron chi connectivity index (χ0n) is 15.1. The van der Waals surface area contributed by atoms with Crippen molar-refractivity contribution < 1.29 is 19.1 Å². The molecule has 0 unspecified atom stereocenters. The Morgan fingerprint density at radius 1 is 1.15 bits per heavy atom. The number of carbonyl (C=O) groups excluding carboxylic acids is 3. The van der Waals surface area contributed by atoms with Crippen LogP contribution in [0, 0.1) is 35.5 Å². The van der Waals surface area contributed by atoms with E-state index < -0.39 is 0 Å². The minimum absolute atomic E-state index is 0.0797. The molecule has 1 aliphatic heterocycles. The molecule has 0 spiro atoms. The first-order valence-corrected chi connectivity index (χ1v) is 9.56. The highest BCUT2D eigenvalue weighted by Gasteiger charge is 2.66. The predicted octanol–water partition coefficient (Wildman–Crippen LogP) is 2.08. The van der Waals surface area contributed by atoms with Crippen LogP contribution in [0.3, 0.4) is 0 Å². The molecule has 6 heteroatoms. The molecule has 3 amide bonds. The number of amides is 3. The molecule has 1 heterocycles. The van der Waals surface area contributed by atoms with Gasteiger partial charge >= 0.3 is 0 Å². The van der Waals surface area contributed by atoms with Crippen LogP contribution in [0.2, 0.25) is 0 Å². The van der Waals surface area contributed by atoms with Gasteiger partial charge in [-0.05, 0) is 42.2 Å². The van der Waals surface area contributed by atoms with Gasteiger partial charge in [0.1, 0.15) is 5.75 Å². The van der Waals surface area contributed by atoms with E-state index >= 15 is 0 Å². The highest BCUT2D eigenvalue weighted by Crippen LogP contribution is 2.65. The van der Waals surface area contributed by atoms with E-state index in [2.05, 4.69) is 17.5 Å². The first-order chi connectivity index (χ1) is 13.1. The van der Waals surface area contributed by atoms with Crippen LogP contribution in [0.5, 0.6) is 5.75 Å². The number of hydrogen-bond donors (Lipinski definition) is 1. The SMILES string of the molecule is COc1cccc(NC(=O)CCN2C(=O)[C@H]3[C@@H]4C=C[C@@H]([C@H]5C[C@H]45)[C@@H]3C2=O)c1. The molecule has 1 saturated heterocycles. The molecule has 2 saturated carbocycles. The van der Waals surface area contributed by atoms with E-state index in [1.165, 1.54) is 4.90 Å². The standard InChI is InChI=1S/C21H22N2O4/c1-27-12-4-2-3-11(9-12)22-17(24)7-8-23-20(25)18-13-5-6-14(16-10-15(13)16)19(18)21(23)26/h2-6,9,13-16,18-19H,7-8,10H2,1H3,(H,22,24)/t13-,14+,15-,16-,18+,19+/m1/s1. The number of methoxy groups -OCH3 is 1. The molecule has 2 bridgehead atoms. The molecule has 5 aliphatic rings. The number of hydrogen-bond acceptors (Lipinski definition) is 4. The highest BCUT2D eigenvalue weighted by molar-refractivity contribution is 6.06. The lowest BCUT2D eigenvalue weighted by atomic mass is 9.63. The summed E-state index contributed by atoms with van der Waals surface area (Å²) in [5, 5.41) is 2.80. The van der Waals surface area contributed by atoms with Crippen LogP contribution in [0.4, 0.5) is 5.69 Å². The topological polar surface area (TPSA) is 75.7 Å². The zero-order chi connectivity index (χ0) is 18.7. The molecule has 6 nitrogen and oxygen atoms in total. The lowest BCUT2D eigenvalue weighted by Gasteiger charge is -2.37. The number of benzene rings is 1. The molecular weight excluding hydrogens is 344 g/mol. The Labute approximate surface area is 157 Å². The number of carbonyl (C=O) groups is 3. The van der Waals surface area contributed by atoms with Crippen LogP contribution in [-0.2, 0) is 14.4 Å². The van der Waals surface area contributed by atoms with Crippen LogP contribution in [0.15, 0.2) is 36.4 Å². The van der Waals surface area contributed by atoms with E-state index in [0.717, 1.165) is 6.42 Å². The normalized spacial score (nSPS) is 35.1. The average Bonchev–Trinajstić information content (AvgIpc) is 3.45. The Kier molecular flexibility index (Phi) is 3.64. The van der Waals surface area contributed by atoms with E-state index in [-0.39, 0.29) is 54.4 Å². The summed E-state index contributed by atoms with van der Waals surface area (Å²) in [6.07, 6.45) is 5.57. The van der Waals surface area contributed by atoms with Crippen molar-refractivity contribution in [2.45, 2.75) is 12.8 Å². The number of anilines is 1. The van der Waals surface area contributed by atoms with E-state index in [1.54, 1.807) is 31.4 Å². The van der Waals surface area contributed by atoms with Gasteiger partial charge in [0.2, 0.25) is 17.7 Å². The molecule has 1 aromatic carbocycles. The molecular formula is C21H22N2O4. The fourth-order valence-electron chi connectivity index (χ4n) is 5.38. The van der Waals surface area contributed by atoms with Gasteiger partial charge < -0.3 is 10.1 Å². The quantitative estimate of drug-likeness (QED) is 0.639. The lowest BCUT2D eigenvalue weighted by molar-refractivity contribution is -0.140. The number of imide groups is 1. The summed E-state index contributed by atoms with van der Waals surface area (Å²) in [6.45, 7) is 0.148. The van der Waals surface area contributed by atoms with Crippen molar-refractivity contribution in [2.24, 2.45) is 35.5 Å². The summed E-state index contributed by atoms with van der Waals surface area (Å²) in [5.74, 6) is 1.51. The maximum Gasteiger partial charge on any atom is 0.233 e. The second-order valence-electron chi connectivity index (χ2n) is 8.01. The summed E-state index contributed by atoms with van der Waals surface area (Å²) in [7, 11) is 1.57. The van der Waals surface area contributed by atoms with Gasteiger partial charge in [0.15, 0.2) is 0 Å². The summed E-state index contributed by atoms with van der Waals surface area (Å²) >= 11 is 0. The predicted molar refractivity (Wildman–Crippen MR) is 97.7 cm³/mol. The molecule has 0 aromatic heterocycles. The molecule has 0 radical (unpaired) electrons. The number of nitrogens with one attached hydrogen (secondary N) is 1. The Morgan fingerprint density at radius 3 is 2.44 bits per heavy atom. The fraction of sp³-hybridized carbons (Fsp3) is 0.476. The molecule has 27 heavy (non-hydrogen) atoms. The molecule has 3 fully saturated rings. The van der Waals surface area contributed by atoms with Crippen molar-refractivity contribution in [3.05, 3.63) is 36.4 Å². The van der Waals surface area contributed by atoms with Crippen LogP contribution < -0.4 is 10.1 Å². The first kappa shape index (κ1) is 16.5. The van der Waals surface area contributed by atoms with Crippen molar-refractivity contribution in [3.8, 4) is 5.75 Å². The largest absolute Gasteiger partial charge is 0.497 e. The lowest BCUT2D eigenvalue weighted by Crippen LogP contribution is -2.40. The Bertz CT molecular complexity index is 827. The molecule has 6 rings (SSSR count). The molecule has 1 N–H and O–H groups in total. The van der Waals surface area contributed by atoms with E-state index in [9.17, 15) is 14.4 Å². The number of ether oxygens (including phenoxy) is 1. The first-order valence-electron chi connectivity index (χ1n) is 9.56. The molecule has 4 aliphatic carbocycles. The van der Waals surface area contributed by atoms with Crippen molar-refractivity contribution in [3.63, 3.8) is 0 Å². The Hall–Kier alpha value is -2.63. The summed E-state index contributed by atoms with van der Waals surface area (Å²) in [4.78, 5) is 39.4. The van der Waals surface area contributed by atoms with Crippen molar-refractivity contribution >= 4 is 23.4 Å². The second-order valence-corrected chi connectivity index (χ2v) is 8.01. The number of allylic oxidation sites excluding steroid dienone is 2. The van der Waals surface area contributed by atoms with E-state index in [0.29, 0.717) is 23.3 Å². The van der Waals surface area contributed by atoms with Gasteiger partial charge in [0.05, 0.1) is 18.9 Å². The molecule has 1 aromatic rings. The minimum atomic E-state index is -0.220. The smallest absolute Gasteiger partial charge is 0.233 e. The van der Waals surface area contributed by atoms with Gasteiger partial charge in [-0.15, -0.1) is 0 Å². The van der Waals surface area contributed by atoms with Gasteiger partial charge in [-0.3, -0.25) is 19.3 Å². The van der Waals surface area contributed by atoms with Crippen molar-refractivity contribution in [1.82, 2.24) is 4.90 Å². The van der Waals surface area contributed by atoms with Crippen LogP contribution >= 0.6 is 0 Å². The maximum atomic E-state index is 12.9. The third-order valence-corrected chi connectivity index (χ3v) is 6.67. The summed E-state index contributed by atoms with van der Waals surface area (Å²) in [6, 6.07) is 7.09. The Balaban J connectivity index is 1.24. The minimum Gasteiger partial charge on any atom is -0.497 e. The van der Waals surface area contributed by atoms with E-state index in [4.69, 9.17) is 4.74 Å². The molecule has 6 atom stereocenters. The average molecular weight is 366 g/mol. The van der Waals surface area contributed by atoms with Crippen LogP contribution in [0.1, 0.15) is 12.8 Å². The monoisotopic (exact) mass is 366 g/mol. The van der Waals surface area contributed by atoms with Gasteiger partial charge in [-0.25, -0.2) is 0 Å². The maximum absolute atomic E-state index is 12.9. The van der Waals surface area contributed by atoms with Crippen LogP contribution in [-0.4, -0.2) is 36.3 Å². The molecule has 140 valence electrons. The van der Waals surface area contributed by atoms with Crippen molar-refractivity contribution in [2.75, 3.05) is 19.0 Å². The summed E-state index contributed by atoms with van der Waals surface area (Å²) < 4.78 is 5.14. The Morgan fingerprint density at radius 2 is 1.81 bits per heavy atom. The number of likely N-dealkylation sites (tertiary alicyclic amines) is 1. The fourth-order valence-corrected chi connectivity index (χ4v) is 5.38. The highest BCUT2D eigenvalue weighted by atomic mass is 16.5. The van der Waals surface area contributed by atoms with Gasteiger partial charge in [0.25, 0.3) is 0 Å². The number of rotatable bonds is 5. The summed E-state index contributed by atoms with van der Waals surface area (Å²) in [5.41, 5.74) is 0.634. The van der Waals surface area contributed by atoms with Crippen LogP contribution in [0.25, 0.3) is 0 Å². The van der Waals surface area contributed by atoms with E-state index in [1.807, 2.05) is 0 Å². The van der Waals surface area contributed by atoms with Gasteiger partial charge in [-0.2, -0.15) is 0 Å². The third-order valence-electron chi connectivity index (χ3n) is 6.67. The van der Waals surface area contributed by atoms with Crippen molar-refractivity contribution in [1.29, 1.82) is 0 Å². The van der Waals surface area contributed by atoms with Gasteiger partial charge in [-0.1, -0.05) is 18.2 Å².